The standard InChI is InChI=1S/C12H12N2O3/c1-2-17-12(16)10-7-9(13-14-10)8-5-3-4-6-11(8)15/h3-7,15H,2H2,1H3,(H,13,14). The van der Waals surface area contributed by atoms with E-state index in [0.717, 1.165) is 0 Å². The highest BCUT2D eigenvalue weighted by Gasteiger charge is 2.13. The maximum absolute atomic E-state index is 11.4. The molecule has 0 bridgehead atoms. The normalized spacial score (nSPS) is 10.2. The molecular formula is C12H12N2O3. The van der Waals surface area contributed by atoms with E-state index in [1.165, 1.54) is 0 Å². The second-order valence-electron chi connectivity index (χ2n) is 3.40. The van der Waals surface area contributed by atoms with Crippen LogP contribution in [0.15, 0.2) is 30.3 Å². The first kappa shape index (κ1) is 11.2. The van der Waals surface area contributed by atoms with Crippen LogP contribution in [0.4, 0.5) is 0 Å². The number of esters is 1. The molecule has 1 aromatic heterocycles. The van der Waals surface area contributed by atoms with E-state index in [0.29, 0.717) is 17.9 Å². The van der Waals surface area contributed by atoms with Crippen LogP contribution in [0.25, 0.3) is 11.3 Å². The first-order valence-corrected chi connectivity index (χ1v) is 5.23. The van der Waals surface area contributed by atoms with Crippen molar-refractivity contribution >= 4 is 5.97 Å². The van der Waals surface area contributed by atoms with Gasteiger partial charge in [0.1, 0.15) is 11.4 Å². The number of benzene rings is 1. The van der Waals surface area contributed by atoms with Crippen molar-refractivity contribution in [3.8, 4) is 17.0 Å². The molecule has 2 N–H and O–H groups in total. The van der Waals surface area contributed by atoms with Crippen LogP contribution in [0.1, 0.15) is 17.4 Å². The monoisotopic (exact) mass is 232 g/mol. The predicted molar refractivity (Wildman–Crippen MR) is 61.6 cm³/mol. The Bertz CT molecular complexity index is 534. The van der Waals surface area contributed by atoms with Gasteiger partial charge < -0.3 is 9.84 Å². The molecule has 0 spiro atoms. The maximum atomic E-state index is 11.4. The van der Waals surface area contributed by atoms with Gasteiger partial charge in [-0.05, 0) is 25.1 Å². The molecule has 17 heavy (non-hydrogen) atoms. The third kappa shape index (κ3) is 2.28. The van der Waals surface area contributed by atoms with Gasteiger partial charge in [0.25, 0.3) is 0 Å². The third-order valence-corrected chi connectivity index (χ3v) is 2.25. The Labute approximate surface area is 98.0 Å². The molecule has 0 unspecified atom stereocenters. The van der Waals surface area contributed by atoms with Crippen LogP contribution < -0.4 is 0 Å². The van der Waals surface area contributed by atoms with Crippen LogP contribution in [0.3, 0.4) is 0 Å². The smallest absolute Gasteiger partial charge is 0.356 e. The van der Waals surface area contributed by atoms with Crippen LogP contribution >= 0.6 is 0 Å². The summed E-state index contributed by atoms with van der Waals surface area (Å²) in [6, 6.07) is 8.34. The number of phenolic OH excluding ortho intramolecular Hbond substituents is 1. The van der Waals surface area contributed by atoms with Crippen molar-refractivity contribution in [2.24, 2.45) is 0 Å². The zero-order valence-corrected chi connectivity index (χ0v) is 9.30. The van der Waals surface area contributed by atoms with Crippen molar-refractivity contribution < 1.29 is 14.6 Å². The largest absolute Gasteiger partial charge is 0.507 e. The highest BCUT2D eigenvalue weighted by atomic mass is 16.5. The van der Waals surface area contributed by atoms with Crippen molar-refractivity contribution in [2.75, 3.05) is 6.61 Å². The van der Waals surface area contributed by atoms with Gasteiger partial charge in [-0.15, -0.1) is 0 Å². The summed E-state index contributed by atoms with van der Waals surface area (Å²) in [5, 5.41) is 16.2. The summed E-state index contributed by atoms with van der Waals surface area (Å²) < 4.78 is 4.83. The Balaban J connectivity index is 2.30. The zero-order valence-electron chi connectivity index (χ0n) is 9.30. The number of rotatable bonds is 3. The number of hydrogen-bond donors (Lipinski definition) is 2. The number of phenols is 1. The maximum Gasteiger partial charge on any atom is 0.356 e. The Morgan fingerprint density at radius 2 is 2.24 bits per heavy atom. The van der Waals surface area contributed by atoms with Crippen molar-refractivity contribution in [3.63, 3.8) is 0 Å². The van der Waals surface area contributed by atoms with E-state index in [-0.39, 0.29) is 11.4 Å². The van der Waals surface area contributed by atoms with Gasteiger partial charge in [-0.2, -0.15) is 5.10 Å². The molecule has 5 nitrogen and oxygen atoms in total. The average Bonchev–Trinajstić information content (AvgIpc) is 2.79. The number of aromatic hydroxyl groups is 1. The SMILES string of the molecule is CCOC(=O)c1cc(-c2ccccc2O)n[nH]1. The van der Waals surface area contributed by atoms with Crippen LogP contribution in [0.2, 0.25) is 0 Å². The number of nitrogens with zero attached hydrogens (tertiary/aromatic N) is 1. The molecule has 0 radical (unpaired) electrons. The summed E-state index contributed by atoms with van der Waals surface area (Å²) in [6.45, 7) is 2.04. The lowest BCUT2D eigenvalue weighted by molar-refractivity contribution is 0.0519. The number of hydrogen-bond acceptors (Lipinski definition) is 4. The first-order valence-electron chi connectivity index (χ1n) is 5.23. The summed E-state index contributed by atoms with van der Waals surface area (Å²) in [5.74, 6) is -0.337. The molecule has 0 fully saturated rings. The van der Waals surface area contributed by atoms with Gasteiger partial charge in [0.2, 0.25) is 0 Å². The van der Waals surface area contributed by atoms with Crippen LogP contribution in [-0.2, 0) is 4.74 Å². The van der Waals surface area contributed by atoms with Crippen LogP contribution in [0.5, 0.6) is 5.75 Å². The van der Waals surface area contributed by atoms with Gasteiger partial charge in [0.15, 0.2) is 0 Å². The molecule has 0 amide bonds. The Morgan fingerprint density at radius 3 is 2.94 bits per heavy atom. The Morgan fingerprint density at radius 1 is 1.47 bits per heavy atom. The molecule has 0 saturated heterocycles. The highest BCUT2D eigenvalue weighted by Crippen LogP contribution is 2.27. The molecule has 5 heteroatoms. The number of carbonyl (C=O) groups is 1. The fourth-order valence-corrected chi connectivity index (χ4v) is 1.46. The van der Waals surface area contributed by atoms with Crippen molar-refractivity contribution in [2.45, 2.75) is 6.92 Å². The van der Waals surface area contributed by atoms with Gasteiger partial charge >= 0.3 is 5.97 Å². The molecule has 0 atom stereocenters. The van der Waals surface area contributed by atoms with Crippen LogP contribution in [-0.4, -0.2) is 27.9 Å². The lowest BCUT2D eigenvalue weighted by atomic mass is 10.1. The number of para-hydroxylation sites is 1. The summed E-state index contributed by atoms with van der Waals surface area (Å²) in [6.07, 6.45) is 0. The molecule has 1 heterocycles. The third-order valence-electron chi connectivity index (χ3n) is 2.25. The molecule has 0 aliphatic heterocycles. The topological polar surface area (TPSA) is 75.2 Å². The number of ether oxygens (including phenoxy) is 1. The fraction of sp³-hybridized carbons (Fsp3) is 0.167. The second kappa shape index (κ2) is 4.69. The van der Waals surface area contributed by atoms with E-state index in [4.69, 9.17) is 4.74 Å². The van der Waals surface area contributed by atoms with E-state index < -0.39 is 5.97 Å². The molecule has 2 rings (SSSR count). The number of aromatic nitrogens is 2. The number of carbonyl (C=O) groups excluding carboxylic acids is 1. The van der Waals surface area contributed by atoms with Gasteiger partial charge in [-0.1, -0.05) is 12.1 Å². The second-order valence-corrected chi connectivity index (χ2v) is 3.40. The van der Waals surface area contributed by atoms with Gasteiger partial charge in [-0.25, -0.2) is 4.79 Å². The molecule has 1 aromatic carbocycles. The van der Waals surface area contributed by atoms with Crippen molar-refractivity contribution in [1.29, 1.82) is 0 Å². The summed E-state index contributed by atoms with van der Waals surface area (Å²) in [4.78, 5) is 11.4. The predicted octanol–water partition coefficient (Wildman–Crippen LogP) is 1.96. The minimum absolute atomic E-state index is 0.120. The number of nitrogens with one attached hydrogen (secondary N) is 1. The number of H-pyrrole nitrogens is 1. The molecule has 2 aromatic rings. The zero-order chi connectivity index (χ0) is 12.3. The first-order chi connectivity index (χ1) is 8.22. The summed E-state index contributed by atoms with van der Waals surface area (Å²) in [5.41, 5.74) is 1.34. The molecule has 0 saturated carbocycles. The highest BCUT2D eigenvalue weighted by molar-refractivity contribution is 5.88. The number of aromatic amines is 1. The van der Waals surface area contributed by atoms with Crippen molar-refractivity contribution in [1.82, 2.24) is 10.2 Å². The van der Waals surface area contributed by atoms with Gasteiger partial charge in [-0.3, -0.25) is 5.10 Å². The van der Waals surface area contributed by atoms with Gasteiger partial charge in [0.05, 0.1) is 12.3 Å². The Kier molecular flexibility index (Phi) is 3.09. The lowest BCUT2D eigenvalue weighted by Gasteiger charge is -1.98. The minimum atomic E-state index is -0.457. The van der Waals surface area contributed by atoms with E-state index in [1.54, 1.807) is 37.3 Å². The Hall–Kier alpha value is -2.30. The fourth-order valence-electron chi connectivity index (χ4n) is 1.46. The van der Waals surface area contributed by atoms with Crippen LogP contribution in [0, 0.1) is 0 Å². The molecular weight excluding hydrogens is 220 g/mol. The van der Waals surface area contributed by atoms with E-state index in [1.807, 2.05) is 0 Å². The van der Waals surface area contributed by atoms with E-state index in [9.17, 15) is 9.90 Å². The summed E-state index contributed by atoms with van der Waals surface area (Å²) >= 11 is 0. The van der Waals surface area contributed by atoms with E-state index >= 15 is 0 Å². The average molecular weight is 232 g/mol. The molecule has 88 valence electrons. The quantitative estimate of drug-likeness (QED) is 0.793. The minimum Gasteiger partial charge on any atom is -0.507 e. The van der Waals surface area contributed by atoms with Crippen molar-refractivity contribution in [3.05, 3.63) is 36.0 Å². The van der Waals surface area contributed by atoms with E-state index in [2.05, 4.69) is 10.2 Å². The lowest BCUT2D eigenvalue weighted by Crippen LogP contribution is -2.04. The summed E-state index contributed by atoms with van der Waals surface area (Å²) in [7, 11) is 0. The molecule has 0 aliphatic carbocycles. The van der Waals surface area contributed by atoms with Gasteiger partial charge in [0, 0.05) is 5.56 Å². The molecule has 0 aliphatic rings.